The SMILES string of the molecule is CNC(=O)c1cnc(Cl)cc1Cl.CNC(=O)c1cnc(Cl)cc1Nc1cccc(-c2cnn(C)c2)c1OC.COc1c(N)cccc1-c1cnn(C)c1. The van der Waals surface area contributed by atoms with Crippen LogP contribution in [0.25, 0.3) is 22.3 Å². The summed E-state index contributed by atoms with van der Waals surface area (Å²) in [6.07, 6.45) is 10.2. The lowest BCUT2D eigenvalue weighted by molar-refractivity contribution is 0.0955. The number of aromatic nitrogens is 6. The van der Waals surface area contributed by atoms with Gasteiger partial charge in [-0.2, -0.15) is 10.2 Å². The molecule has 0 bridgehead atoms. The molecule has 0 saturated carbocycles. The summed E-state index contributed by atoms with van der Waals surface area (Å²) >= 11 is 17.3. The average Bonchev–Trinajstić information content (AvgIpc) is 3.79. The van der Waals surface area contributed by atoms with E-state index in [1.807, 2.05) is 62.9 Å². The van der Waals surface area contributed by atoms with E-state index in [9.17, 15) is 9.59 Å². The Hall–Kier alpha value is -5.83. The lowest BCUT2D eigenvalue weighted by Crippen LogP contribution is -2.19. The number of nitrogen functional groups attached to an aromatic ring is 1. The molecule has 0 aliphatic carbocycles. The number of hydrogen-bond acceptors (Lipinski definition) is 10. The number of methoxy groups -OCH3 is 2. The average molecular weight is 780 g/mol. The maximum absolute atomic E-state index is 12.1. The highest BCUT2D eigenvalue weighted by Gasteiger charge is 2.17. The van der Waals surface area contributed by atoms with Gasteiger partial charge in [-0.15, -0.1) is 0 Å². The summed E-state index contributed by atoms with van der Waals surface area (Å²) in [5, 5.41) is 17.4. The Morgan fingerprint density at radius 1 is 0.698 bits per heavy atom. The van der Waals surface area contributed by atoms with Crippen molar-refractivity contribution < 1.29 is 19.1 Å². The molecule has 0 unspecified atom stereocenters. The van der Waals surface area contributed by atoms with E-state index in [1.54, 1.807) is 49.1 Å². The van der Waals surface area contributed by atoms with Crippen molar-refractivity contribution >= 4 is 63.7 Å². The predicted octanol–water partition coefficient (Wildman–Crippen LogP) is 6.67. The number of nitrogens with one attached hydrogen (secondary N) is 3. The molecule has 0 spiro atoms. The van der Waals surface area contributed by atoms with Crippen LogP contribution in [0.5, 0.6) is 11.5 Å². The zero-order valence-electron chi connectivity index (χ0n) is 29.6. The second kappa shape index (κ2) is 18.6. The van der Waals surface area contributed by atoms with Gasteiger partial charge in [0.1, 0.15) is 21.8 Å². The number of anilines is 3. The molecule has 2 aromatic carbocycles. The smallest absolute Gasteiger partial charge is 0.254 e. The van der Waals surface area contributed by atoms with Crippen molar-refractivity contribution in [3.05, 3.63) is 112 Å². The number of nitrogens with two attached hydrogens (primary N) is 1. The molecule has 53 heavy (non-hydrogen) atoms. The minimum Gasteiger partial charge on any atom is -0.494 e. The molecule has 2 amide bonds. The van der Waals surface area contributed by atoms with Crippen LogP contribution in [-0.2, 0) is 14.1 Å². The highest BCUT2D eigenvalue weighted by molar-refractivity contribution is 6.36. The molecule has 4 aromatic heterocycles. The third-order valence-electron chi connectivity index (χ3n) is 7.40. The predicted molar refractivity (Wildman–Crippen MR) is 208 cm³/mol. The number of ether oxygens (including phenoxy) is 2. The molecule has 4 heterocycles. The van der Waals surface area contributed by atoms with Crippen molar-refractivity contribution in [3.8, 4) is 33.8 Å². The summed E-state index contributed by atoms with van der Waals surface area (Å²) in [5.74, 6) is 0.796. The number of carbonyl (C=O) groups is 2. The van der Waals surface area contributed by atoms with Crippen molar-refractivity contribution in [3.63, 3.8) is 0 Å². The highest BCUT2D eigenvalue weighted by Crippen LogP contribution is 2.38. The minimum atomic E-state index is -0.274. The molecule has 0 aliphatic rings. The van der Waals surface area contributed by atoms with Crippen LogP contribution in [0, 0.1) is 0 Å². The highest BCUT2D eigenvalue weighted by atomic mass is 35.5. The Morgan fingerprint density at radius 2 is 1.21 bits per heavy atom. The summed E-state index contributed by atoms with van der Waals surface area (Å²) in [6.45, 7) is 0. The summed E-state index contributed by atoms with van der Waals surface area (Å²) in [6, 6.07) is 14.4. The van der Waals surface area contributed by atoms with Crippen molar-refractivity contribution in [1.29, 1.82) is 0 Å². The van der Waals surface area contributed by atoms with Crippen molar-refractivity contribution in [2.45, 2.75) is 0 Å². The normalized spacial score (nSPS) is 10.2. The fraction of sp³-hybridized carbons (Fsp3) is 0.167. The molecule has 5 N–H and O–H groups in total. The molecule has 0 fully saturated rings. The zero-order valence-corrected chi connectivity index (χ0v) is 31.9. The number of aryl methyl sites for hydroxylation is 2. The van der Waals surface area contributed by atoms with Gasteiger partial charge < -0.3 is 31.2 Å². The number of carbonyl (C=O) groups excluding carboxylic acids is 2. The zero-order chi connectivity index (χ0) is 38.7. The molecule has 0 aliphatic heterocycles. The van der Waals surface area contributed by atoms with Crippen molar-refractivity contribution in [2.75, 3.05) is 39.4 Å². The number of para-hydroxylation sites is 2. The Morgan fingerprint density at radius 3 is 1.72 bits per heavy atom. The van der Waals surface area contributed by atoms with E-state index in [0.29, 0.717) is 44.7 Å². The van der Waals surface area contributed by atoms with Gasteiger partial charge in [0.2, 0.25) is 0 Å². The van der Waals surface area contributed by atoms with Gasteiger partial charge in [-0.1, -0.05) is 59.1 Å². The Balaban J connectivity index is 0.000000196. The fourth-order valence-electron chi connectivity index (χ4n) is 4.92. The lowest BCUT2D eigenvalue weighted by atomic mass is 10.1. The molecule has 6 aromatic rings. The first-order valence-corrected chi connectivity index (χ1v) is 16.8. The van der Waals surface area contributed by atoms with E-state index < -0.39 is 0 Å². The first-order chi connectivity index (χ1) is 25.4. The summed E-state index contributed by atoms with van der Waals surface area (Å²) in [5.41, 5.74) is 12.2. The van der Waals surface area contributed by atoms with E-state index in [4.69, 9.17) is 50.0 Å². The summed E-state index contributed by atoms with van der Waals surface area (Å²) in [4.78, 5) is 30.9. The van der Waals surface area contributed by atoms with Crippen LogP contribution in [0.1, 0.15) is 20.7 Å². The van der Waals surface area contributed by atoms with Gasteiger partial charge in [0, 0.05) is 75.2 Å². The van der Waals surface area contributed by atoms with E-state index in [2.05, 4.69) is 36.1 Å². The van der Waals surface area contributed by atoms with Gasteiger partial charge in [-0.3, -0.25) is 19.0 Å². The second-order valence-corrected chi connectivity index (χ2v) is 12.1. The van der Waals surface area contributed by atoms with E-state index in [0.717, 1.165) is 22.3 Å². The number of pyridine rings is 2. The van der Waals surface area contributed by atoms with Crippen molar-refractivity contribution in [2.24, 2.45) is 14.1 Å². The molecule has 0 radical (unpaired) electrons. The monoisotopic (exact) mass is 778 g/mol. The Kier molecular flexibility index (Phi) is 14.0. The maximum Gasteiger partial charge on any atom is 0.254 e. The van der Waals surface area contributed by atoms with Crippen LogP contribution in [0.4, 0.5) is 17.1 Å². The largest absolute Gasteiger partial charge is 0.494 e. The van der Waals surface area contributed by atoms with Gasteiger partial charge >= 0.3 is 0 Å². The fourth-order valence-corrected chi connectivity index (χ4v) is 5.53. The maximum atomic E-state index is 12.1. The number of rotatable bonds is 8. The van der Waals surface area contributed by atoms with Crippen LogP contribution < -0.4 is 31.2 Å². The molecule has 17 heteroatoms. The number of amides is 2. The van der Waals surface area contributed by atoms with Crippen LogP contribution >= 0.6 is 34.8 Å². The molecule has 0 saturated heterocycles. The molecular weight excluding hydrogens is 743 g/mol. The molecule has 14 nitrogen and oxygen atoms in total. The molecule has 0 atom stereocenters. The van der Waals surface area contributed by atoms with E-state index in [-0.39, 0.29) is 22.1 Å². The van der Waals surface area contributed by atoms with Crippen LogP contribution in [0.2, 0.25) is 15.3 Å². The quantitative estimate of drug-likeness (QED) is 0.0964. The van der Waals surface area contributed by atoms with E-state index >= 15 is 0 Å². The number of nitrogens with zero attached hydrogens (tertiary/aromatic N) is 6. The number of hydrogen-bond donors (Lipinski definition) is 4. The number of halogens is 3. The summed E-state index contributed by atoms with van der Waals surface area (Å²) < 4.78 is 14.4. The Labute approximate surface area is 321 Å². The topological polar surface area (TPSA) is 176 Å². The summed E-state index contributed by atoms with van der Waals surface area (Å²) in [7, 11) is 10.0. The van der Waals surface area contributed by atoms with Crippen LogP contribution in [0.3, 0.4) is 0 Å². The minimum absolute atomic E-state index is 0.265. The first kappa shape index (κ1) is 39.9. The standard InChI is InChI=1S/C18H18ClN5O2.C11H13N3O.C7H6Cl2N2O/c1-20-18(25)13-9-21-16(19)7-15(13)23-14-6-4-5-12(17(14)26-3)11-8-22-24(2)10-11;1-14-7-8(6-13-14)9-4-3-5-10(12)11(9)15-2;1-10-7(12)4-3-11-6(9)2-5(4)8/h4-10H,1-3H3,(H,20,25)(H,21,23);3-7H,12H2,1-2H3;2-3H,1H3,(H,10,12). The van der Waals surface area contributed by atoms with Gasteiger partial charge in [-0.05, 0) is 24.3 Å². The van der Waals surface area contributed by atoms with Gasteiger partial charge in [0.15, 0.2) is 0 Å². The van der Waals surface area contributed by atoms with Gasteiger partial charge in [0.25, 0.3) is 11.8 Å². The van der Waals surface area contributed by atoms with Crippen LogP contribution in [-0.4, -0.2) is 69.7 Å². The third-order valence-corrected chi connectivity index (χ3v) is 8.13. The molecule has 6 rings (SSSR count). The second-order valence-electron chi connectivity index (χ2n) is 10.9. The van der Waals surface area contributed by atoms with Crippen molar-refractivity contribution in [1.82, 2.24) is 40.2 Å². The molecular formula is C36H37Cl3N10O4. The lowest BCUT2D eigenvalue weighted by Gasteiger charge is -2.16. The van der Waals surface area contributed by atoms with Gasteiger partial charge in [-0.25, -0.2) is 9.97 Å². The van der Waals surface area contributed by atoms with Crippen LogP contribution in [0.15, 0.2) is 85.7 Å². The number of benzene rings is 2. The van der Waals surface area contributed by atoms with E-state index in [1.165, 1.54) is 25.5 Å². The first-order valence-electron chi connectivity index (χ1n) is 15.7. The molecule has 276 valence electrons. The van der Waals surface area contributed by atoms with Gasteiger partial charge in [0.05, 0.1) is 59.8 Å². The third kappa shape index (κ3) is 10.2. The Bertz CT molecular complexity index is 2210.